The molecule has 0 unspecified atom stereocenters. The van der Waals surface area contributed by atoms with Crippen LogP contribution in [0.15, 0.2) is 24.3 Å². The second-order valence-electron chi connectivity index (χ2n) is 5.47. The van der Waals surface area contributed by atoms with Gasteiger partial charge in [0, 0.05) is 12.1 Å². The second-order valence-corrected chi connectivity index (χ2v) is 5.47. The van der Waals surface area contributed by atoms with Crippen LogP contribution in [-0.4, -0.2) is 25.0 Å². The average molecular weight is 290 g/mol. The molecule has 5 nitrogen and oxygen atoms in total. The molecule has 0 heterocycles. The highest BCUT2D eigenvalue weighted by atomic mass is 16.5. The smallest absolute Gasteiger partial charge is 0.255 e. The van der Waals surface area contributed by atoms with Gasteiger partial charge in [0.15, 0.2) is 6.61 Å². The topological polar surface area (TPSA) is 81.4 Å². The minimum atomic E-state index is -0.524. The maximum atomic E-state index is 12.0. The van der Waals surface area contributed by atoms with Crippen molar-refractivity contribution in [2.45, 2.75) is 32.1 Å². The molecule has 0 radical (unpaired) electrons. The lowest BCUT2D eigenvalue weighted by molar-refractivity contribution is -0.119. The summed E-state index contributed by atoms with van der Waals surface area (Å²) < 4.78 is 5.14. The first-order chi connectivity index (χ1) is 10.1. The molecule has 0 bridgehead atoms. The highest BCUT2D eigenvalue weighted by molar-refractivity contribution is 5.94. The molecule has 0 spiro atoms. The van der Waals surface area contributed by atoms with Crippen molar-refractivity contribution in [3.8, 4) is 5.75 Å². The van der Waals surface area contributed by atoms with E-state index in [2.05, 4.69) is 5.32 Å². The number of carbonyl (C=O) groups excluding carboxylic acids is 2. The van der Waals surface area contributed by atoms with E-state index in [1.54, 1.807) is 24.3 Å². The lowest BCUT2D eigenvalue weighted by Gasteiger charge is -2.10. The molecule has 114 valence electrons. The predicted octanol–water partition coefficient (Wildman–Crippen LogP) is 1.86. The van der Waals surface area contributed by atoms with E-state index in [0.29, 0.717) is 11.3 Å². The summed E-state index contributed by atoms with van der Waals surface area (Å²) >= 11 is 0. The van der Waals surface area contributed by atoms with Crippen LogP contribution < -0.4 is 15.8 Å². The molecule has 0 saturated heterocycles. The SMILES string of the molecule is NC(=O)COc1ccc(C(=O)NCCC2CCCC2)cc1. The van der Waals surface area contributed by atoms with Gasteiger partial charge in [-0.3, -0.25) is 9.59 Å². The van der Waals surface area contributed by atoms with Gasteiger partial charge in [-0.2, -0.15) is 0 Å². The highest BCUT2D eigenvalue weighted by Gasteiger charge is 2.15. The van der Waals surface area contributed by atoms with Gasteiger partial charge in [-0.1, -0.05) is 25.7 Å². The van der Waals surface area contributed by atoms with E-state index >= 15 is 0 Å². The second kappa shape index (κ2) is 7.67. The van der Waals surface area contributed by atoms with Crippen LogP contribution in [0.25, 0.3) is 0 Å². The van der Waals surface area contributed by atoms with E-state index in [0.717, 1.165) is 18.9 Å². The third-order valence-electron chi connectivity index (χ3n) is 3.81. The largest absolute Gasteiger partial charge is 0.484 e. The Balaban J connectivity index is 1.75. The number of amides is 2. The Kier molecular flexibility index (Phi) is 5.60. The predicted molar refractivity (Wildman–Crippen MR) is 80.0 cm³/mol. The molecule has 21 heavy (non-hydrogen) atoms. The molecule has 2 amide bonds. The number of nitrogens with two attached hydrogens (primary N) is 1. The van der Waals surface area contributed by atoms with Crippen molar-refractivity contribution in [3.63, 3.8) is 0 Å². The molecule has 0 aliphatic heterocycles. The van der Waals surface area contributed by atoms with Crippen molar-refractivity contribution in [2.75, 3.05) is 13.2 Å². The third-order valence-corrected chi connectivity index (χ3v) is 3.81. The molecule has 5 heteroatoms. The maximum Gasteiger partial charge on any atom is 0.255 e. The number of benzene rings is 1. The lowest BCUT2D eigenvalue weighted by atomic mass is 10.0. The van der Waals surface area contributed by atoms with Gasteiger partial charge < -0.3 is 15.8 Å². The van der Waals surface area contributed by atoms with Gasteiger partial charge in [0.1, 0.15) is 5.75 Å². The Bertz CT molecular complexity index is 479. The number of nitrogens with one attached hydrogen (secondary N) is 1. The van der Waals surface area contributed by atoms with E-state index in [9.17, 15) is 9.59 Å². The van der Waals surface area contributed by atoms with Crippen LogP contribution in [0.4, 0.5) is 0 Å². The Hall–Kier alpha value is -2.04. The van der Waals surface area contributed by atoms with Crippen LogP contribution >= 0.6 is 0 Å². The minimum absolute atomic E-state index is 0.0746. The van der Waals surface area contributed by atoms with Crippen LogP contribution in [0.3, 0.4) is 0 Å². The van der Waals surface area contributed by atoms with Gasteiger partial charge in [0.2, 0.25) is 0 Å². The van der Waals surface area contributed by atoms with Crippen molar-refractivity contribution < 1.29 is 14.3 Å². The van der Waals surface area contributed by atoms with Gasteiger partial charge in [-0.15, -0.1) is 0 Å². The molecule has 1 aliphatic rings. The average Bonchev–Trinajstić information content (AvgIpc) is 2.99. The molecular formula is C16H22N2O3. The van der Waals surface area contributed by atoms with E-state index in [1.165, 1.54) is 25.7 Å². The van der Waals surface area contributed by atoms with Gasteiger partial charge in [-0.05, 0) is 36.6 Å². The van der Waals surface area contributed by atoms with Crippen molar-refractivity contribution in [1.82, 2.24) is 5.32 Å². The molecule has 0 atom stereocenters. The third kappa shape index (κ3) is 5.10. The van der Waals surface area contributed by atoms with Crippen molar-refractivity contribution >= 4 is 11.8 Å². The van der Waals surface area contributed by atoms with E-state index < -0.39 is 5.91 Å². The normalized spacial score (nSPS) is 14.9. The molecule has 1 aromatic carbocycles. The molecular weight excluding hydrogens is 268 g/mol. The zero-order chi connectivity index (χ0) is 15.1. The fourth-order valence-corrected chi connectivity index (χ4v) is 2.65. The summed E-state index contributed by atoms with van der Waals surface area (Å²) in [6, 6.07) is 6.69. The van der Waals surface area contributed by atoms with E-state index in [-0.39, 0.29) is 12.5 Å². The van der Waals surface area contributed by atoms with Crippen LogP contribution in [-0.2, 0) is 4.79 Å². The van der Waals surface area contributed by atoms with Crippen LogP contribution in [0.5, 0.6) is 5.75 Å². The summed E-state index contributed by atoms with van der Waals surface area (Å²) in [4.78, 5) is 22.6. The summed E-state index contributed by atoms with van der Waals surface area (Å²) in [6.07, 6.45) is 6.30. The molecule has 1 saturated carbocycles. The standard InChI is InChI=1S/C16H22N2O3/c17-15(19)11-21-14-7-5-13(6-8-14)16(20)18-10-9-12-3-1-2-4-12/h5-8,12H,1-4,9-11H2,(H2,17,19)(H,18,20). The summed E-state index contributed by atoms with van der Waals surface area (Å²) in [5.41, 5.74) is 5.59. The summed E-state index contributed by atoms with van der Waals surface area (Å²) in [7, 11) is 0. The molecule has 0 aromatic heterocycles. The number of ether oxygens (including phenoxy) is 1. The van der Waals surface area contributed by atoms with Crippen LogP contribution in [0.1, 0.15) is 42.5 Å². The Morgan fingerprint density at radius 2 is 1.86 bits per heavy atom. The zero-order valence-electron chi connectivity index (χ0n) is 12.1. The Labute approximate surface area is 124 Å². The van der Waals surface area contributed by atoms with Crippen molar-refractivity contribution in [1.29, 1.82) is 0 Å². The molecule has 3 N–H and O–H groups in total. The first kappa shape index (κ1) is 15.4. The monoisotopic (exact) mass is 290 g/mol. The fourth-order valence-electron chi connectivity index (χ4n) is 2.65. The lowest BCUT2D eigenvalue weighted by Crippen LogP contribution is -2.25. The Morgan fingerprint density at radius 3 is 2.48 bits per heavy atom. The summed E-state index contributed by atoms with van der Waals surface area (Å²) in [6.45, 7) is 0.566. The van der Waals surface area contributed by atoms with Crippen molar-refractivity contribution in [3.05, 3.63) is 29.8 Å². The van der Waals surface area contributed by atoms with Crippen LogP contribution in [0, 0.1) is 5.92 Å². The van der Waals surface area contributed by atoms with E-state index in [4.69, 9.17) is 10.5 Å². The number of carbonyl (C=O) groups is 2. The number of primary amides is 1. The molecule has 1 fully saturated rings. The zero-order valence-corrected chi connectivity index (χ0v) is 12.1. The van der Waals surface area contributed by atoms with Gasteiger partial charge in [-0.25, -0.2) is 0 Å². The number of hydrogen-bond donors (Lipinski definition) is 2. The first-order valence-electron chi connectivity index (χ1n) is 7.44. The minimum Gasteiger partial charge on any atom is -0.484 e. The van der Waals surface area contributed by atoms with E-state index in [1.807, 2.05) is 0 Å². The molecule has 1 aromatic rings. The van der Waals surface area contributed by atoms with Crippen LogP contribution in [0.2, 0.25) is 0 Å². The first-order valence-corrected chi connectivity index (χ1v) is 7.44. The maximum absolute atomic E-state index is 12.0. The molecule has 1 aliphatic carbocycles. The highest BCUT2D eigenvalue weighted by Crippen LogP contribution is 2.26. The number of hydrogen-bond acceptors (Lipinski definition) is 3. The Morgan fingerprint density at radius 1 is 1.19 bits per heavy atom. The summed E-state index contributed by atoms with van der Waals surface area (Å²) in [5.74, 6) is 0.698. The van der Waals surface area contributed by atoms with Gasteiger partial charge in [0.25, 0.3) is 11.8 Å². The van der Waals surface area contributed by atoms with Gasteiger partial charge in [0.05, 0.1) is 0 Å². The summed E-state index contributed by atoms with van der Waals surface area (Å²) in [5, 5.41) is 2.94. The van der Waals surface area contributed by atoms with Crippen molar-refractivity contribution in [2.24, 2.45) is 11.7 Å². The number of rotatable bonds is 7. The molecule has 2 rings (SSSR count). The van der Waals surface area contributed by atoms with Gasteiger partial charge >= 0.3 is 0 Å². The quantitative estimate of drug-likeness (QED) is 0.804. The fraction of sp³-hybridized carbons (Fsp3) is 0.500.